The summed E-state index contributed by atoms with van der Waals surface area (Å²) in [5.74, 6) is 0.599. The van der Waals surface area contributed by atoms with Crippen LogP contribution in [0.15, 0.2) is 77.6 Å². The molecule has 5 aromatic rings. The van der Waals surface area contributed by atoms with Crippen molar-refractivity contribution in [1.82, 2.24) is 15.0 Å². The van der Waals surface area contributed by atoms with Crippen LogP contribution in [0.3, 0.4) is 0 Å². The fourth-order valence-corrected chi connectivity index (χ4v) is 3.62. The molecule has 0 bridgehead atoms. The summed E-state index contributed by atoms with van der Waals surface area (Å²) in [7, 11) is 0. The number of rotatable bonds is 2. The SMILES string of the molecule is CC.Cc1c(-c2nc3ccccc3[nH]2)c(=O)[nH]c2ccc(-c3ccccc3)cc12. The maximum atomic E-state index is 12.8. The minimum Gasteiger partial charge on any atom is -0.338 e. The molecular formula is C25H23N3O. The first-order chi connectivity index (χ1) is 14.2. The fraction of sp³-hybridized carbons (Fsp3) is 0.120. The van der Waals surface area contributed by atoms with Gasteiger partial charge in [-0.15, -0.1) is 0 Å². The number of imidazole rings is 1. The number of H-pyrrole nitrogens is 2. The molecule has 0 saturated heterocycles. The molecule has 2 N–H and O–H groups in total. The zero-order chi connectivity index (χ0) is 20.4. The van der Waals surface area contributed by atoms with Gasteiger partial charge in [0.15, 0.2) is 0 Å². The van der Waals surface area contributed by atoms with E-state index < -0.39 is 0 Å². The van der Waals surface area contributed by atoms with E-state index in [1.54, 1.807) is 0 Å². The van der Waals surface area contributed by atoms with Crippen LogP contribution in [0, 0.1) is 6.92 Å². The summed E-state index contributed by atoms with van der Waals surface area (Å²) >= 11 is 0. The van der Waals surface area contributed by atoms with E-state index in [1.807, 2.05) is 75.4 Å². The third kappa shape index (κ3) is 3.34. The Bertz CT molecular complexity index is 1310. The molecular weight excluding hydrogens is 358 g/mol. The number of para-hydroxylation sites is 2. The van der Waals surface area contributed by atoms with Crippen LogP contribution in [0.1, 0.15) is 19.4 Å². The van der Waals surface area contributed by atoms with Crippen molar-refractivity contribution in [3.63, 3.8) is 0 Å². The number of benzene rings is 3. The Hall–Kier alpha value is -3.66. The lowest BCUT2D eigenvalue weighted by molar-refractivity contribution is 1.23. The zero-order valence-electron chi connectivity index (χ0n) is 16.8. The van der Waals surface area contributed by atoms with E-state index in [2.05, 4.69) is 33.2 Å². The molecule has 2 aromatic heterocycles. The second-order valence-electron chi connectivity index (χ2n) is 6.68. The first-order valence-electron chi connectivity index (χ1n) is 9.88. The minimum atomic E-state index is -0.133. The molecule has 4 heteroatoms. The molecule has 29 heavy (non-hydrogen) atoms. The van der Waals surface area contributed by atoms with E-state index in [4.69, 9.17) is 0 Å². The van der Waals surface area contributed by atoms with Crippen LogP contribution in [0.5, 0.6) is 0 Å². The van der Waals surface area contributed by atoms with Crippen molar-refractivity contribution in [3.8, 4) is 22.5 Å². The summed E-state index contributed by atoms with van der Waals surface area (Å²) in [6, 6.07) is 24.2. The van der Waals surface area contributed by atoms with E-state index in [9.17, 15) is 4.79 Å². The maximum Gasteiger partial charge on any atom is 0.259 e. The normalized spacial score (nSPS) is 10.7. The van der Waals surface area contributed by atoms with Gasteiger partial charge in [-0.1, -0.05) is 62.4 Å². The number of aryl methyl sites for hydroxylation is 1. The largest absolute Gasteiger partial charge is 0.338 e. The van der Waals surface area contributed by atoms with Crippen molar-refractivity contribution in [2.24, 2.45) is 0 Å². The summed E-state index contributed by atoms with van der Waals surface area (Å²) in [4.78, 5) is 23.7. The lowest BCUT2D eigenvalue weighted by Crippen LogP contribution is -2.12. The molecule has 0 aliphatic rings. The number of pyridine rings is 1. The molecule has 0 atom stereocenters. The molecule has 0 aliphatic heterocycles. The summed E-state index contributed by atoms with van der Waals surface area (Å²) in [5.41, 5.74) is 6.25. The topological polar surface area (TPSA) is 61.5 Å². The molecule has 0 amide bonds. The average molecular weight is 381 g/mol. The predicted octanol–water partition coefficient (Wildman–Crippen LogP) is 6.07. The van der Waals surface area contributed by atoms with Gasteiger partial charge in [-0.25, -0.2) is 4.98 Å². The molecule has 0 saturated carbocycles. The van der Waals surface area contributed by atoms with Crippen LogP contribution in [0.25, 0.3) is 44.5 Å². The molecule has 0 aliphatic carbocycles. The van der Waals surface area contributed by atoms with Gasteiger partial charge < -0.3 is 9.97 Å². The Morgan fingerprint density at radius 1 is 0.759 bits per heavy atom. The van der Waals surface area contributed by atoms with Gasteiger partial charge in [0.05, 0.1) is 16.6 Å². The Morgan fingerprint density at radius 3 is 2.24 bits per heavy atom. The smallest absolute Gasteiger partial charge is 0.259 e. The van der Waals surface area contributed by atoms with Crippen molar-refractivity contribution in [3.05, 3.63) is 88.7 Å². The summed E-state index contributed by atoms with van der Waals surface area (Å²) in [5, 5.41) is 1.02. The van der Waals surface area contributed by atoms with Crippen molar-refractivity contribution < 1.29 is 0 Å². The molecule has 0 spiro atoms. The van der Waals surface area contributed by atoms with E-state index in [-0.39, 0.29) is 5.56 Å². The van der Waals surface area contributed by atoms with Gasteiger partial charge in [-0.2, -0.15) is 0 Å². The zero-order valence-corrected chi connectivity index (χ0v) is 16.8. The molecule has 4 nitrogen and oxygen atoms in total. The van der Waals surface area contributed by atoms with Gasteiger partial charge in [-0.3, -0.25) is 4.79 Å². The van der Waals surface area contributed by atoms with Gasteiger partial charge in [0.2, 0.25) is 0 Å². The highest BCUT2D eigenvalue weighted by Crippen LogP contribution is 2.29. The van der Waals surface area contributed by atoms with Gasteiger partial charge in [-0.05, 0) is 47.9 Å². The first kappa shape index (κ1) is 18.7. The summed E-state index contributed by atoms with van der Waals surface area (Å²) in [6.07, 6.45) is 0. The predicted molar refractivity (Wildman–Crippen MR) is 121 cm³/mol. The Morgan fingerprint density at radius 2 is 1.48 bits per heavy atom. The number of hydrogen-bond acceptors (Lipinski definition) is 2. The van der Waals surface area contributed by atoms with E-state index >= 15 is 0 Å². The van der Waals surface area contributed by atoms with E-state index in [0.717, 1.165) is 38.6 Å². The van der Waals surface area contributed by atoms with Crippen LogP contribution >= 0.6 is 0 Å². The number of aromatic nitrogens is 3. The van der Waals surface area contributed by atoms with E-state index in [0.29, 0.717) is 11.4 Å². The van der Waals surface area contributed by atoms with Gasteiger partial charge >= 0.3 is 0 Å². The Balaban J connectivity index is 0.000000994. The summed E-state index contributed by atoms with van der Waals surface area (Å²) < 4.78 is 0. The molecule has 5 rings (SSSR count). The monoisotopic (exact) mass is 381 g/mol. The second-order valence-corrected chi connectivity index (χ2v) is 6.68. The third-order valence-corrected chi connectivity index (χ3v) is 5.01. The molecule has 2 heterocycles. The highest BCUT2D eigenvalue weighted by Gasteiger charge is 2.15. The minimum absolute atomic E-state index is 0.133. The maximum absolute atomic E-state index is 12.8. The van der Waals surface area contributed by atoms with Crippen LogP contribution in [-0.4, -0.2) is 15.0 Å². The lowest BCUT2D eigenvalue weighted by atomic mass is 9.99. The van der Waals surface area contributed by atoms with Gasteiger partial charge in [0.25, 0.3) is 5.56 Å². The summed E-state index contributed by atoms with van der Waals surface area (Å²) in [6.45, 7) is 5.98. The van der Waals surface area contributed by atoms with Crippen molar-refractivity contribution in [2.75, 3.05) is 0 Å². The number of fused-ring (bicyclic) bond motifs is 2. The van der Waals surface area contributed by atoms with Crippen molar-refractivity contribution in [1.29, 1.82) is 0 Å². The molecule has 144 valence electrons. The number of nitrogens with zero attached hydrogens (tertiary/aromatic N) is 1. The second kappa shape index (κ2) is 7.76. The fourth-order valence-electron chi connectivity index (χ4n) is 3.62. The van der Waals surface area contributed by atoms with Crippen LogP contribution < -0.4 is 5.56 Å². The Labute approximate surface area is 169 Å². The van der Waals surface area contributed by atoms with Crippen LogP contribution in [0.4, 0.5) is 0 Å². The first-order valence-corrected chi connectivity index (χ1v) is 9.88. The average Bonchev–Trinajstić information content (AvgIpc) is 3.19. The lowest BCUT2D eigenvalue weighted by Gasteiger charge is -2.09. The number of aromatic amines is 2. The molecule has 0 radical (unpaired) electrons. The van der Waals surface area contributed by atoms with E-state index in [1.165, 1.54) is 0 Å². The quantitative estimate of drug-likeness (QED) is 0.390. The highest BCUT2D eigenvalue weighted by atomic mass is 16.1. The number of nitrogens with one attached hydrogen (secondary N) is 2. The molecule has 0 fully saturated rings. The van der Waals surface area contributed by atoms with Crippen LogP contribution in [-0.2, 0) is 0 Å². The van der Waals surface area contributed by atoms with Gasteiger partial charge in [0.1, 0.15) is 5.82 Å². The molecule has 3 aromatic carbocycles. The van der Waals surface area contributed by atoms with Gasteiger partial charge in [0, 0.05) is 10.9 Å². The van der Waals surface area contributed by atoms with Crippen molar-refractivity contribution >= 4 is 21.9 Å². The number of hydrogen-bond donors (Lipinski definition) is 2. The standard InChI is InChI=1S/C23H17N3O.C2H6/c1-14-17-13-16(15-7-3-2-4-8-15)11-12-18(17)26-23(27)21(14)22-24-19-9-5-6-10-20(19)25-22;1-2/h2-13H,1H3,(H,24,25)(H,26,27);1-2H3. The Kier molecular flexibility index (Phi) is 5.00. The third-order valence-electron chi connectivity index (χ3n) is 5.01. The molecule has 0 unspecified atom stereocenters. The van der Waals surface area contributed by atoms with Crippen LogP contribution in [0.2, 0.25) is 0 Å². The van der Waals surface area contributed by atoms with Crippen molar-refractivity contribution in [2.45, 2.75) is 20.8 Å². The highest BCUT2D eigenvalue weighted by molar-refractivity contribution is 5.91.